The van der Waals surface area contributed by atoms with Crippen molar-refractivity contribution in [2.75, 3.05) is 0 Å². The Morgan fingerprint density at radius 1 is 1.23 bits per heavy atom. The Balaban J connectivity index is 1.70. The SMILES string of the molecule is OCc1cc2cc(Oc3nc4c(F)cccc4s3)ccc2o1. The van der Waals surface area contributed by atoms with Gasteiger partial charge in [0.25, 0.3) is 5.19 Å². The number of fused-ring (bicyclic) bond motifs is 2. The molecule has 2 aromatic carbocycles. The van der Waals surface area contributed by atoms with Crippen molar-refractivity contribution >= 4 is 32.5 Å². The molecule has 0 aliphatic carbocycles. The van der Waals surface area contributed by atoms with Crippen LogP contribution in [0.2, 0.25) is 0 Å². The standard InChI is InChI=1S/C16H10FNO3S/c17-12-2-1-3-14-15(12)18-16(22-14)21-10-4-5-13-9(6-10)7-11(8-19)20-13/h1-7,19H,8H2. The molecule has 2 heterocycles. The lowest BCUT2D eigenvalue weighted by Gasteiger charge is -2.00. The summed E-state index contributed by atoms with van der Waals surface area (Å²) >= 11 is 1.28. The fourth-order valence-corrected chi connectivity index (χ4v) is 3.11. The molecule has 4 rings (SSSR count). The molecule has 110 valence electrons. The molecule has 4 aromatic rings. The number of ether oxygens (including phenoxy) is 1. The zero-order valence-electron chi connectivity index (χ0n) is 11.2. The molecule has 0 spiro atoms. The van der Waals surface area contributed by atoms with Crippen molar-refractivity contribution in [1.82, 2.24) is 4.98 Å². The van der Waals surface area contributed by atoms with Gasteiger partial charge in [0, 0.05) is 5.39 Å². The third-order valence-electron chi connectivity index (χ3n) is 3.25. The van der Waals surface area contributed by atoms with Gasteiger partial charge in [-0.2, -0.15) is 4.98 Å². The maximum Gasteiger partial charge on any atom is 0.279 e. The predicted octanol–water partition coefficient (Wildman–Crippen LogP) is 4.47. The molecule has 0 unspecified atom stereocenters. The molecule has 22 heavy (non-hydrogen) atoms. The van der Waals surface area contributed by atoms with Crippen LogP contribution >= 0.6 is 11.3 Å². The van der Waals surface area contributed by atoms with Crippen LogP contribution < -0.4 is 4.74 Å². The van der Waals surface area contributed by atoms with Gasteiger partial charge in [0.05, 0.1) is 4.70 Å². The first-order valence-corrected chi connectivity index (χ1v) is 7.41. The van der Waals surface area contributed by atoms with E-state index in [0.29, 0.717) is 27.8 Å². The fourth-order valence-electron chi connectivity index (χ4n) is 2.26. The first kappa shape index (κ1) is 13.2. The van der Waals surface area contributed by atoms with E-state index in [0.717, 1.165) is 10.1 Å². The lowest BCUT2D eigenvalue weighted by Crippen LogP contribution is -1.83. The van der Waals surface area contributed by atoms with E-state index in [4.69, 9.17) is 14.3 Å². The lowest BCUT2D eigenvalue weighted by molar-refractivity contribution is 0.251. The van der Waals surface area contributed by atoms with Crippen LogP contribution in [0.3, 0.4) is 0 Å². The molecular weight excluding hydrogens is 305 g/mol. The van der Waals surface area contributed by atoms with Crippen LogP contribution in [0.4, 0.5) is 4.39 Å². The molecule has 0 aliphatic rings. The van der Waals surface area contributed by atoms with Crippen LogP contribution in [-0.4, -0.2) is 10.1 Å². The van der Waals surface area contributed by atoms with Gasteiger partial charge in [-0.1, -0.05) is 17.4 Å². The molecule has 0 aliphatic heterocycles. The van der Waals surface area contributed by atoms with E-state index in [1.807, 2.05) is 0 Å². The highest BCUT2D eigenvalue weighted by atomic mass is 32.1. The highest BCUT2D eigenvalue weighted by Crippen LogP contribution is 2.33. The van der Waals surface area contributed by atoms with E-state index in [2.05, 4.69) is 4.98 Å². The van der Waals surface area contributed by atoms with Crippen molar-refractivity contribution in [3.63, 3.8) is 0 Å². The van der Waals surface area contributed by atoms with Gasteiger partial charge >= 0.3 is 0 Å². The Labute approximate surface area is 128 Å². The average molecular weight is 315 g/mol. The molecule has 0 bridgehead atoms. The number of thiazole rings is 1. The highest BCUT2D eigenvalue weighted by molar-refractivity contribution is 7.20. The Bertz CT molecular complexity index is 976. The maximum atomic E-state index is 13.6. The fraction of sp³-hybridized carbons (Fsp3) is 0.0625. The van der Waals surface area contributed by atoms with Crippen molar-refractivity contribution in [1.29, 1.82) is 0 Å². The molecule has 6 heteroatoms. The molecule has 0 atom stereocenters. The van der Waals surface area contributed by atoms with Gasteiger partial charge < -0.3 is 14.3 Å². The van der Waals surface area contributed by atoms with Crippen LogP contribution in [-0.2, 0) is 6.61 Å². The van der Waals surface area contributed by atoms with E-state index >= 15 is 0 Å². The summed E-state index contributed by atoms with van der Waals surface area (Å²) in [6.45, 7) is -0.151. The lowest BCUT2D eigenvalue weighted by atomic mass is 10.2. The predicted molar refractivity (Wildman–Crippen MR) is 81.8 cm³/mol. The van der Waals surface area contributed by atoms with Gasteiger partial charge in [-0.05, 0) is 36.4 Å². The second-order valence-corrected chi connectivity index (χ2v) is 5.73. The maximum absolute atomic E-state index is 13.6. The van der Waals surface area contributed by atoms with Crippen molar-refractivity contribution < 1.29 is 18.7 Å². The highest BCUT2D eigenvalue weighted by Gasteiger charge is 2.10. The summed E-state index contributed by atoms with van der Waals surface area (Å²) in [7, 11) is 0. The van der Waals surface area contributed by atoms with Crippen molar-refractivity contribution in [3.05, 3.63) is 54.0 Å². The quantitative estimate of drug-likeness (QED) is 0.606. The molecule has 0 radical (unpaired) electrons. The van der Waals surface area contributed by atoms with E-state index < -0.39 is 0 Å². The minimum atomic E-state index is -0.360. The summed E-state index contributed by atoms with van der Waals surface area (Å²) in [5.74, 6) is 0.716. The molecule has 4 nitrogen and oxygen atoms in total. The molecule has 0 fully saturated rings. The van der Waals surface area contributed by atoms with Crippen molar-refractivity contribution in [2.24, 2.45) is 0 Å². The number of aromatic nitrogens is 1. The second-order valence-electron chi connectivity index (χ2n) is 4.74. The molecule has 0 amide bonds. The molecule has 2 aromatic heterocycles. The third kappa shape index (κ3) is 2.22. The van der Waals surface area contributed by atoms with Gasteiger partial charge in [0.1, 0.15) is 35.0 Å². The van der Waals surface area contributed by atoms with E-state index in [1.165, 1.54) is 17.4 Å². The van der Waals surface area contributed by atoms with Crippen LogP contribution in [0.15, 0.2) is 46.9 Å². The number of aliphatic hydroxyl groups is 1. The smallest absolute Gasteiger partial charge is 0.279 e. The summed E-state index contributed by atoms with van der Waals surface area (Å²) in [6.07, 6.45) is 0. The van der Waals surface area contributed by atoms with Gasteiger partial charge in [-0.3, -0.25) is 0 Å². The Morgan fingerprint density at radius 2 is 2.14 bits per heavy atom. The van der Waals surface area contributed by atoms with E-state index in [-0.39, 0.29) is 12.4 Å². The first-order valence-electron chi connectivity index (χ1n) is 6.59. The molecule has 0 saturated carbocycles. The number of hydrogen-bond acceptors (Lipinski definition) is 5. The summed E-state index contributed by atoms with van der Waals surface area (Å²) in [4.78, 5) is 4.17. The number of furan rings is 1. The monoisotopic (exact) mass is 315 g/mol. The molecule has 1 N–H and O–H groups in total. The number of rotatable bonds is 3. The first-order chi connectivity index (χ1) is 10.7. The van der Waals surface area contributed by atoms with Crippen LogP contribution in [0.5, 0.6) is 10.9 Å². The van der Waals surface area contributed by atoms with Crippen LogP contribution in [0.25, 0.3) is 21.2 Å². The van der Waals surface area contributed by atoms with Crippen molar-refractivity contribution in [3.8, 4) is 10.9 Å². The largest absolute Gasteiger partial charge is 0.459 e. The van der Waals surface area contributed by atoms with Gasteiger partial charge in [0.2, 0.25) is 0 Å². The number of para-hydroxylation sites is 1. The number of halogens is 1. The number of benzene rings is 2. The normalized spacial score (nSPS) is 11.4. The summed E-state index contributed by atoms with van der Waals surface area (Å²) in [5, 5.41) is 10.3. The van der Waals surface area contributed by atoms with Crippen molar-refractivity contribution in [2.45, 2.75) is 6.61 Å². The van der Waals surface area contributed by atoms with Crippen LogP contribution in [0, 0.1) is 5.82 Å². The number of hydrogen-bond donors (Lipinski definition) is 1. The Hall–Kier alpha value is -2.44. The summed E-state index contributed by atoms with van der Waals surface area (Å²) in [6, 6.07) is 11.9. The summed E-state index contributed by atoms with van der Waals surface area (Å²) in [5.41, 5.74) is 0.987. The minimum absolute atomic E-state index is 0.151. The topological polar surface area (TPSA) is 55.5 Å². The van der Waals surface area contributed by atoms with E-state index in [9.17, 15) is 4.39 Å². The van der Waals surface area contributed by atoms with Gasteiger partial charge in [0.15, 0.2) is 0 Å². The minimum Gasteiger partial charge on any atom is -0.459 e. The van der Waals surface area contributed by atoms with Gasteiger partial charge in [-0.15, -0.1) is 0 Å². The third-order valence-corrected chi connectivity index (χ3v) is 4.15. The Morgan fingerprint density at radius 3 is 2.95 bits per heavy atom. The molecular formula is C16H10FNO3S. The van der Waals surface area contributed by atoms with E-state index in [1.54, 1.807) is 36.4 Å². The van der Waals surface area contributed by atoms with Crippen LogP contribution in [0.1, 0.15) is 5.76 Å². The average Bonchev–Trinajstić information content (AvgIpc) is 3.10. The second kappa shape index (κ2) is 5.08. The summed E-state index contributed by atoms with van der Waals surface area (Å²) < 4.78 is 25.5. The van der Waals surface area contributed by atoms with Gasteiger partial charge in [-0.25, -0.2) is 4.39 Å². The Kier molecular flexibility index (Phi) is 3.06. The molecule has 0 saturated heterocycles. The zero-order valence-corrected chi connectivity index (χ0v) is 12.1. The number of aliphatic hydroxyl groups excluding tert-OH is 1. The zero-order chi connectivity index (χ0) is 15.1. The number of nitrogens with zero attached hydrogens (tertiary/aromatic N) is 1.